The molecule has 5 nitrogen and oxygen atoms in total. The maximum atomic E-state index is 11.8. The number of nitrogens with one attached hydrogen (secondary N) is 1. The number of aromatic nitrogens is 1. The minimum Gasteiger partial charge on any atom is -0.354 e. The molecule has 3 N–H and O–H groups in total. The van der Waals surface area contributed by atoms with Crippen molar-refractivity contribution in [2.24, 2.45) is 11.7 Å². The van der Waals surface area contributed by atoms with Crippen LogP contribution in [0.2, 0.25) is 0 Å². The fraction of sp³-hybridized carbons (Fsp3) is 0.571. The van der Waals surface area contributed by atoms with E-state index in [1.54, 1.807) is 0 Å². The Balaban J connectivity index is 1.83. The molecule has 2 aliphatic heterocycles. The number of piperidine rings is 1. The lowest BCUT2D eigenvalue weighted by Gasteiger charge is -2.36. The molecule has 2 unspecified atom stereocenters. The van der Waals surface area contributed by atoms with Crippen molar-refractivity contribution in [3.8, 4) is 0 Å². The smallest absolute Gasteiger partial charge is 0.225 e. The first-order valence-corrected chi connectivity index (χ1v) is 6.92. The van der Waals surface area contributed by atoms with Gasteiger partial charge in [-0.2, -0.15) is 0 Å². The number of fused-ring (bicyclic) bond motifs is 1. The molecule has 19 heavy (non-hydrogen) atoms. The van der Waals surface area contributed by atoms with Crippen LogP contribution in [-0.4, -0.2) is 30.0 Å². The number of amides is 1. The van der Waals surface area contributed by atoms with Crippen LogP contribution in [0, 0.1) is 5.92 Å². The van der Waals surface area contributed by atoms with Gasteiger partial charge in [-0.1, -0.05) is 6.07 Å². The minimum atomic E-state index is 0.00498. The van der Waals surface area contributed by atoms with Gasteiger partial charge in [-0.25, -0.2) is 4.98 Å². The Bertz CT molecular complexity index is 471. The van der Waals surface area contributed by atoms with E-state index in [0.29, 0.717) is 0 Å². The van der Waals surface area contributed by atoms with Crippen molar-refractivity contribution >= 4 is 11.7 Å². The third-order valence-corrected chi connectivity index (χ3v) is 4.19. The molecular formula is C14H20N4O. The summed E-state index contributed by atoms with van der Waals surface area (Å²) in [6, 6.07) is 4.31. The summed E-state index contributed by atoms with van der Waals surface area (Å²) >= 11 is 0. The zero-order chi connectivity index (χ0) is 13.4. The van der Waals surface area contributed by atoms with Crippen LogP contribution >= 0.6 is 0 Å². The first-order valence-electron chi connectivity index (χ1n) is 6.92. The van der Waals surface area contributed by atoms with E-state index >= 15 is 0 Å². The summed E-state index contributed by atoms with van der Waals surface area (Å²) in [6.07, 6.45) is 3.88. The monoisotopic (exact) mass is 260 g/mol. The van der Waals surface area contributed by atoms with Gasteiger partial charge in [0.2, 0.25) is 5.91 Å². The van der Waals surface area contributed by atoms with E-state index < -0.39 is 0 Å². The first kappa shape index (κ1) is 12.4. The average molecular weight is 260 g/mol. The zero-order valence-corrected chi connectivity index (χ0v) is 11.2. The van der Waals surface area contributed by atoms with Gasteiger partial charge in [0.1, 0.15) is 5.82 Å². The van der Waals surface area contributed by atoms with Gasteiger partial charge in [0.25, 0.3) is 0 Å². The Hall–Kier alpha value is -1.62. The summed E-state index contributed by atoms with van der Waals surface area (Å²) in [6.45, 7) is 3.66. The molecule has 3 heterocycles. The molecule has 2 fully saturated rings. The third kappa shape index (κ3) is 2.18. The number of carbonyl (C=O) groups is 1. The summed E-state index contributed by atoms with van der Waals surface area (Å²) < 4.78 is 0. The van der Waals surface area contributed by atoms with E-state index in [0.717, 1.165) is 37.3 Å². The lowest BCUT2D eigenvalue weighted by Crippen LogP contribution is -2.46. The van der Waals surface area contributed by atoms with Gasteiger partial charge in [0, 0.05) is 25.3 Å². The molecule has 3 rings (SSSR count). The Kier molecular flexibility index (Phi) is 3.14. The summed E-state index contributed by atoms with van der Waals surface area (Å²) in [5, 5.41) is 2.96. The van der Waals surface area contributed by atoms with E-state index in [-0.39, 0.29) is 23.9 Å². The maximum Gasteiger partial charge on any atom is 0.225 e. The van der Waals surface area contributed by atoms with Gasteiger partial charge in [0.15, 0.2) is 0 Å². The van der Waals surface area contributed by atoms with Gasteiger partial charge >= 0.3 is 0 Å². The number of nitrogens with two attached hydrogens (primary N) is 1. The lowest BCUT2D eigenvalue weighted by molar-refractivity contribution is -0.122. The molecule has 0 spiro atoms. The predicted molar refractivity (Wildman–Crippen MR) is 73.7 cm³/mol. The number of nitrogens with zero attached hydrogens (tertiary/aromatic N) is 2. The average Bonchev–Trinajstić information content (AvgIpc) is 2.81. The molecule has 1 amide bonds. The fourth-order valence-corrected chi connectivity index (χ4v) is 3.07. The highest BCUT2D eigenvalue weighted by molar-refractivity contribution is 5.83. The SMILES string of the molecule is C[C@H](N)c1ccc(N2CCCC3C(=O)NCC32)nc1. The van der Waals surface area contributed by atoms with Gasteiger partial charge in [-0.15, -0.1) is 0 Å². The number of carbonyl (C=O) groups excluding carboxylic acids is 1. The van der Waals surface area contributed by atoms with Crippen molar-refractivity contribution < 1.29 is 4.79 Å². The molecule has 3 atom stereocenters. The van der Waals surface area contributed by atoms with Gasteiger partial charge in [-0.3, -0.25) is 4.79 Å². The topological polar surface area (TPSA) is 71.2 Å². The Morgan fingerprint density at radius 1 is 1.53 bits per heavy atom. The van der Waals surface area contributed by atoms with Crippen LogP contribution in [0.1, 0.15) is 31.4 Å². The van der Waals surface area contributed by atoms with Crippen LogP contribution in [0.15, 0.2) is 18.3 Å². The normalized spacial score (nSPS) is 27.9. The van der Waals surface area contributed by atoms with Crippen LogP contribution < -0.4 is 16.0 Å². The predicted octanol–water partition coefficient (Wildman–Crippen LogP) is 0.816. The number of pyridine rings is 1. The van der Waals surface area contributed by atoms with Crippen LogP contribution in [0.3, 0.4) is 0 Å². The quantitative estimate of drug-likeness (QED) is 0.825. The van der Waals surface area contributed by atoms with E-state index in [1.165, 1.54) is 0 Å². The summed E-state index contributed by atoms with van der Waals surface area (Å²) in [5.41, 5.74) is 6.88. The van der Waals surface area contributed by atoms with Crippen LogP contribution in [-0.2, 0) is 4.79 Å². The molecule has 1 aromatic rings. The highest BCUT2D eigenvalue weighted by Gasteiger charge is 2.41. The van der Waals surface area contributed by atoms with Crippen molar-refractivity contribution in [3.63, 3.8) is 0 Å². The number of hydrogen-bond acceptors (Lipinski definition) is 4. The Morgan fingerprint density at radius 2 is 2.37 bits per heavy atom. The van der Waals surface area contributed by atoms with Crippen LogP contribution in [0.25, 0.3) is 0 Å². The molecule has 0 bridgehead atoms. The number of rotatable bonds is 2. The van der Waals surface area contributed by atoms with Crippen molar-refractivity contribution in [1.29, 1.82) is 0 Å². The highest BCUT2D eigenvalue weighted by Crippen LogP contribution is 2.30. The Morgan fingerprint density at radius 3 is 3.05 bits per heavy atom. The molecule has 1 aromatic heterocycles. The summed E-state index contributed by atoms with van der Waals surface area (Å²) in [4.78, 5) is 18.5. The molecule has 2 saturated heterocycles. The second kappa shape index (κ2) is 4.81. The largest absolute Gasteiger partial charge is 0.354 e. The molecule has 0 aliphatic carbocycles. The van der Waals surface area contributed by atoms with Gasteiger partial charge < -0.3 is 16.0 Å². The third-order valence-electron chi connectivity index (χ3n) is 4.19. The molecule has 0 radical (unpaired) electrons. The van der Waals surface area contributed by atoms with Crippen molar-refractivity contribution in [2.45, 2.75) is 31.8 Å². The second-order valence-corrected chi connectivity index (χ2v) is 5.49. The molecule has 0 saturated carbocycles. The van der Waals surface area contributed by atoms with Crippen molar-refractivity contribution in [1.82, 2.24) is 10.3 Å². The number of anilines is 1. The van der Waals surface area contributed by atoms with E-state index in [4.69, 9.17) is 5.73 Å². The first-order chi connectivity index (χ1) is 9.16. The van der Waals surface area contributed by atoms with E-state index in [2.05, 4.69) is 15.2 Å². The fourth-order valence-electron chi connectivity index (χ4n) is 3.07. The van der Waals surface area contributed by atoms with Crippen molar-refractivity contribution in [2.75, 3.05) is 18.0 Å². The second-order valence-electron chi connectivity index (χ2n) is 5.49. The van der Waals surface area contributed by atoms with Gasteiger partial charge in [0.05, 0.1) is 12.0 Å². The van der Waals surface area contributed by atoms with Crippen molar-refractivity contribution in [3.05, 3.63) is 23.9 Å². The van der Waals surface area contributed by atoms with E-state index in [1.807, 2.05) is 25.3 Å². The summed E-state index contributed by atoms with van der Waals surface area (Å²) in [7, 11) is 0. The van der Waals surface area contributed by atoms with E-state index in [9.17, 15) is 4.79 Å². The lowest BCUT2D eigenvalue weighted by atomic mass is 9.91. The van der Waals surface area contributed by atoms with Crippen LogP contribution in [0.5, 0.6) is 0 Å². The Labute approximate surface area is 113 Å². The van der Waals surface area contributed by atoms with Crippen LogP contribution in [0.4, 0.5) is 5.82 Å². The molecule has 0 aromatic carbocycles. The van der Waals surface area contributed by atoms with Gasteiger partial charge in [-0.05, 0) is 31.4 Å². The zero-order valence-electron chi connectivity index (χ0n) is 11.2. The minimum absolute atomic E-state index is 0.00498. The molecule has 102 valence electrons. The molecule has 2 aliphatic rings. The summed E-state index contributed by atoms with van der Waals surface area (Å²) in [5.74, 6) is 1.28. The molecule has 5 heteroatoms. The molecular weight excluding hydrogens is 240 g/mol. The number of hydrogen-bond donors (Lipinski definition) is 2. The maximum absolute atomic E-state index is 11.8. The highest BCUT2D eigenvalue weighted by atomic mass is 16.2. The standard InChI is InChI=1S/C14H20N4O/c1-9(15)10-4-5-13(16-7-10)18-6-2-3-11-12(18)8-17-14(11)19/h4-5,7,9,11-12H,2-3,6,8,15H2,1H3,(H,17,19)/t9-,11?,12?/m0/s1.